The molecule has 1 aliphatic heterocycles. The number of hydrogen-bond donors (Lipinski definition) is 2. The Bertz CT molecular complexity index is 628. The van der Waals surface area contributed by atoms with Gasteiger partial charge in [0, 0.05) is 13.0 Å². The van der Waals surface area contributed by atoms with Crippen LogP contribution in [-0.2, 0) is 14.8 Å². The van der Waals surface area contributed by atoms with Crippen molar-refractivity contribution in [2.75, 3.05) is 6.54 Å². The van der Waals surface area contributed by atoms with Gasteiger partial charge in [-0.1, -0.05) is 29.3 Å². The molecule has 1 heterocycles. The molecule has 9 heteroatoms. The van der Waals surface area contributed by atoms with Gasteiger partial charge in [-0.2, -0.15) is 4.31 Å². The summed E-state index contributed by atoms with van der Waals surface area (Å²) in [5, 5.41) is 18.4. The van der Waals surface area contributed by atoms with Gasteiger partial charge in [-0.15, -0.1) is 0 Å². The summed E-state index contributed by atoms with van der Waals surface area (Å²) in [5.41, 5.74) is 0. The van der Waals surface area contributed by atoms with Crippen LogP contribution in [0.1, 0.15) is 6.42 Å². The second-order valence-electron chi connectivity index (χ2n) is 4.37. The number of sulfonamides is 1. The SMILES string of the molecule is O=C(O)[C@@H]1C[C@H](O)CN1S(=O)(=O)c1c(Cl)cccc1Cl. The molecule has 0 amide bonds. The third-order valence-corrected chi connectivity index (χ3v) is 5.84. The second-order valence-corrected chi connectivity index (χ2v) is 7.01. The second kappa shape index (κ2) is 5.50. The minimum atomic E-state index is -4.20. The number of hydrogen-bond acceptors (Lipinski definition) is 4. The molecule has 6 nitrogen and oxygen atoms in total. The quantitative estimate of drug-likeness (QED) is 0.862. The maximum Gasteiger partial charge on any atom is 0.322 e. The van der Waals surface area contributed by atoms with E-state index >= 15 is 0 Å². The number of carbonyl (C=O) groups is 1. The van der Waals surface area contributed by atoms with Crippen LogP contribution in [0.3, 0.4) is 0 Å². The summed E-state index contributed by atoms with van der Waals surface area (Å²) in [6.07, 6.45) is -1.21. The maximum absolute atomic E-state index is 12.5. The first-order valence-corrected chi connectivity index (χ1v) is 7.81. The molecular weight excluding hydrogens is 329 g/mol. The van der Waals surface area contributed by atoms with Crippen LogP contribution < -0.4 is 0 Å². The molecule has 0 saturated carbocycles. The number of β-amino-alcohol motifs (C(OH)–C–C–N with tert-alkyl or cyclic N) is 1. The van der Waals surface area contributed by atoms with Crippen LogP contribution in [-0.4, -0.2) is 47.6 Å². The monoisotopic (exact) mass is 339 g/mol. The molecule has 1 aromatic rings. The van der Waals surface area contributed by atoms with Gasteiger partial charge in [0.2, 0.25) is 10.0 Å². The molecule has 110 valence electrons. The summed E-state index contributed by atoms with van der Waals surface area (Å²) < 4.78 is 25.8. The predicted molar refractivity (Wildman–Crippen MR) is 72.4 cm³/mol. The molecule has 0 aromatic heterocycles. The van der Waals surface area contributed by atoms with Crippen molar-refractivity contribution in [3.05, 3.63) is 28.2 Å². The number of nitrogens with zero attached hydrogens (tertiary/aromatic N) is 1. The van der Waals surface area contributed by atoms with E-state index in [2.05, 4.69) is 0 Å². The van der Waals surface area contributed by atoms with E-state index in [1.807, 2.05) is 0 Å². The standard InChI is InChI=1S/C11H11Cl2NO5S/c12-7-2-1-3-8(13)10(7)20(18,19)14-5-6(15)4-9(14)11(16)17/h1-3,6,9,15H,4-5H2,(H,16,17)/t6-,9-/m0/s1. The Balaban J connectivity index is 2.52. The number of benzene rings is 1. The highest BCUT2D eigenvalue weighted by atomic mass is 35.5. The zero-order chi connectivity index (χ0) is 15.1. The summed E-state index contributed by atoms with van der Waals surface area (Å²) in [4.78, 5) is 10.8. The Hall–Kier alpha value is -0.860. The first kappa shape index (κ1) is 15.5. The molecule has 0 aliphatic carbocycles. The van der Waals surface area contributed by atoms with E-state index in [1.165, 1.54) is 18.2 Å². The largest absolute Gasteiger partial charge is 0.480 e. The van der Waals surface area contributed by atoms with Crippen LogP contribution in [0, 0.1) is 0 Å². The van der Waals surface area contributed by atoms with Crippen molar-refractivity contribution in [1.82, 2.24) is 4.31 Å². The summed E-state index contributed by atoms with van der Waals surface area (Å²) in [5.74, 6) is -1.33. The van der Waals surface area contributed by atoms with Gasteiger partial charge in [0.15, 0.2) is 0 Å². The third-order valence-electron chi connectivity index (χ3n) is 3.00. The average molecular weight is 340 g/mol. The van der Waals surface area contributed by atoms with Gasteiger partial charge in [-0.3, -0.25) is 4.79 Å². The smallest absolute Gasteiger partial charge is 0.322 e. The summed E-state index contributed by atoms with van der Waals surface area (Å²) in [7, 11) is -4.20. The first-order valence-electron chi connectivity index (χ1n) is 5.62. The Morgan fingerprint density at radius 2 is 1.85 bits per heavy atom. The molecule has 0 bridgehead atoms. The molecule has 1 aliphatic rings. The molecule has 20 heavy (non-hydrogen) atoms. The van der Waals surface area contributed by atoms with Crippen molar-refractivity contribution in [1.29, 1.82) is 0 Å². The number of halogens is 2. The van der Waals surface area contributed by atoms with Gasteiger partial charge >= 0.3 is 5.97 Å². The fraction of sp³-hybridized carbons (Fsp3) is 0.364. The molecule has 0 radical (unpaired) electrons. The number of carboxylic acids is 1. The lowest BCUT2D eigenvalue weighted by Crippen LogP contribution is -2.40. The van der Waals surface area contributed by atoms with E-state index in [4.69, 9.17) is 28.3 Å². The number of aliphatic hydroxyl groups is 1. The highest BCUT2D eigenvalue weighted by Gasteiger charge is 2.44. The van der Waals surface area contributed by atoms with E-state index in [9.17, 15) is 18.3 Å². The van der Waals surface area contributed by atoms with Gasteiger partial charge in [0.05, 0.1) is 16.1 Å². The lowest BCUT2D eigenvalue weighted by Gasteiger charge is -2.21. The van der Waals surface area contributed by atoms with Gasteiger partial charge in [-0.25, -0.2) is 8.42 Å². The molecule has 2 N–H and O–H groups in total. The van der Waals surface area contributed by atoms with E-state index in [0.29, 0.717) is 4.31 Å². The van der Waals surface area contributed by atoms with E-state index in [-0.39, 0.29) is 27.9 Å². The molecule has 1 saturated heterocycles. The minimum absolute atomic E-state index is 0.0944. The van der Waals surface area contributed by atoms with Crippen molar-refractivity contribution in [2.45, 2.75) is 23.5 Å². The van der Waals surface area contributed by atoms with Gasteiger partial charge < -0.3 is 10.2 Å². The average Bonchev–Trinajstić information content (AvgIpc) is 2.71. The van der Waals surface area contributed by atoms with E-state index in [1.54, 1.807) is 0 Å². The summed E-state index contributed by atoms with van der Waals surface area (Å²) in [6.45, 7) is -0.305. The predicted octanol–water partition coefficient (Wildman–Crippen LogP) is 1.20. The number of aliphatic hydroxyl groups excluding tert-OH is 1. The molecule has 1 fully saturated rings. The summed E-state index contributed by atoms with van der Waals surface area (Å²) in [6, 6.07) is 2.85. The van der Waals surface area contributed by atoms with Gasteiger partial charge in [0.1, 0.15) is 10.9 Å². The molecule has 2 atom stereocenters. The van der Waals surface area contributed by atoms with Crippen molar-refractivity contribution < 1.29 is 23.4 Å². The zero-order valence-electron chi connectivity index (χ0n) is 10.0. The van der Waals surface area contributed by atoms with E-state index < -0.39 is 28.1 Å². The fourth-order valence-corrected chi connectivity index (χ4v) is 4.85. The fourth-order valence-electron chi connectivity index (χ4n) is 2.12. The Morgan fingerprint density at radius 1 is 1.30 bits per heavy atom. The molecular formula is C11H11Cl2NO5S. The van der Waals surface area contributed by atoms with Gasteiger partial charge in [0.25, 0.3) is 0 Å². The first-order chi connectivity index (χ1) is 9.25. The molecule has 0 spiro atoms. The van der Waals surface area contributed by atoms with Crippen LogP contribution in [0.5, 0.6) is 0 Å². The van der Waals surface area contributed by atoms with Crippen LogP contribution >= 0.6 is 23.2 Å². The highest BCUT2D eigenvalue weighted by molar-refractivity contribution is 7.89. The van der Waals surface area contributed by atoms with Crippen molar-refractivity contribution in [3.63, 3.8) is 0 Å². The third kappa shape index (κ3) is 2.64. The number of aliphatic carboxylic acids is 1. The number of carboxylic acid groups (broad SMARTS) is 1. The zero-order valence-corrected chi connectivity index (χ0v) is 12.4. The van der Waals surface area contributed by atoms with Crippen molar-refractivity contribution in [3.8, 4) is 0 Å². The van der Waals surface area contributed by atoms with Crippen molar-refractivity contribution >= 4 is 39.2 Å². The Labute approximate surface area is 125 Å². The molecule has 0 unspecified atom stereocenters. The van der Waals surface area contributed by atoms with Gasteiger partial charge in [-0.05, 0) is 12.1 Å². The van der Waals surface area contributed by atoms with Crippen LogP contribution in [0.2, 0.25) is 10.0 Å². The normalized spacial score (nSPS) is 23.9. The van der Waals surface area contributed by atoms with Crippen molar-refractivity contribution in [2.24, 2.45) is 0 Å². The Morgan fingerprint density at radius 3 is 2.35 bits per heavy atom. The topological polar surface area (TPSA) is 94.9 Å². The lowest BCUT2D eigenvalue weighted by atomic mass is 10.2. The lowest BCUT2D eigenvalue weighted by molar-refractivity contribution is -0.140. The summed E-state index contributed by atoms with van der Waals surface area (Å²) >= 11 is 11.7. The van der Waals surface area contributed by atoms with Crippen LogP contribution in [0.4, 0.5) is 0 Å². The van der Waals surface area contributed by atoms with Crippen LogP contribution in [0.15, 0.2) is 23.1 Å². The Kier molecular flexibility index (Phi) is 4.27. The number of rotatable bonds is 3. The molecule has 1 aromatic carbocycles. The van der Waals surface area contributed by atoms with E-state index in [0.717, 1.165) is 0 Å². The maximum atomic E-state index is 12.5. The van der Waals surface area contributed by atoms with Crippen LogP contribution in [0.25, 0.3) is 0 Å². The molecule has 2 rings (SSSR count). The minimum Gasteiger partial charge on any atom is -0.480 e. The highest BCUT2D eigenvalue weighted by Crippen LogP contribution is 2.34.